The van der Waals surface area contributed by atoms with Crippen LogP contribution < -0.4 is 15.2 Å². The van der Waals surface area contributed by atoms with Crippen molar-refractivity contribution in [2.24, 2.45) is 5.92 Å². The molecule has 4 nitrogen and oxygen atoms in total. The zero-order valence-corrected chi connectivity index (χ0v) is 13.1. The van der Waals surface area contributed by atoms with Gasteiger partial charge in [0, 0.05) is 11.1 Å². The molecule has 0 aliphatic rings. The third-order valence-electron chi connectivity index (χ3n) is 2.78. The summed E-state index contributed by atoms with van der Waals surface area (Å²) in [6, 6.07) is 8.89. The number of aromatic nitrogens is 1. The molecule has 21 heavy (non-hydrogen) atoms. The maximum Gasteiger partial charge on any atom is 0.240 e. The number of ether oxygens (including phenoxy) is 2. The minimum atomic E-state index is 0.390. The number of nitrogen functional groups attached to an aromatic ring is 1. The Bertz CT molecular complexity index is 630. The molecular weight excluding hydrogens is 288 g/mol. The largest absolute Gasteiger partial charge is 0.476 e. The fraction of sp³-hybridized carbons (Fsp3) is 0.312. The van der Waals surface area contributed by atoms with Gasteiger partial charge in [-0.1, -0.05) is 31.5 Å². The number of nitrogens with two attached hydrogens (primary N) is 1. The summed E-state index contributed by atoms with van der Waals surface area (Å²) in [6.07, 6.45) is 0. The molecule has 0 amide bonds. The van der Waals surface area contributed by atoms with Crippen molar-refractivity contribution in [1.29, 1.82) is 0 Å². The van der Waals surface area contributed by atoms with Crippen molar-refractivity contribution in [3.63, 3.8) is 0 Å². The van der Waals surface area contributed by atoms with Crippen molar-refractivity contribution in [3.8, 4) is 17.5 Å². The molecule has 0 aliphatic carbocycles. The summed E-state index contributed by atoms with van der Waals surface area (Å²) < 4.78 is 11.3. The van der Waals surface area contributed by atoms with Crippen LogP contribution in [0.1, 0.15) is 19.4 Å². The van der Waals surface area contributed by atoms with Crippen LogP contribution in [0.15, 0.2) is 30.3 Å². The van der Waals surface area contributed by atoms with Crippen LogP contribution in [-0.2, 0) is 0 Å². The lowest BCUT2D eigenvalue weighted by molar-refractivity contribution is 0.260. The minimum absolute atomic E-state index is 0.390. The smallest absolute Gasteiger partial charge is 0.240 e. The number of nitrogens with zero attached hydrogens (tertiary/aromatic N) is 1. The van der Waals surface area contributed by atoms with Crippen LogP contribution in [0.2, 0.25) is 5.02 Å². The van der Waals surface area contributed by atoms with E-state index in [1.165, 1.54) is 0 Å². The van der Waals surface area contributed by atoms with Crippen LogP contribution in [0.4, 0.5) is 5.69 Å². The first kappa shape index (κ1) is 15.4. The maximum absolute atomic E-state index is 5.98. The molecule has 0 fully saturated rings. The van der Waals surface area contributed by atoms with Crippen molar-refractivity contribution in [3.05, 3.63) is 40.9 Å². The van der Waals surface area contributed by atoms with Crippen molar-refractivity contribution in [2.75, 3.05) is 12.3 Å². The first-order valence-electron chi connectivity index (χ1n) is 6.79. The third-order valence-corrected chi connectivity index (χ3v) is 3.02. The molecule has 5 heteroatoms. The van der Waals surface area contributed by atoms with Crippen molar-refractivity contribution in [2.45, 2.75) is 20.8 Å². The molecule has 112 valence electrons. The first-order valence-corrected chi connectivity index (χ1v) is 7.17. The highest BCUT2D eigenvalue weighted by molar-refractivity contribution is 6.30. The zero-order valence-electron chi connectivity index (χ0n) is 12.4. The number of rotatable bonds is 5. The zero-order chi connectivity index (χ0) is 15.4. The Balaban J connectivity index is 2.20. The van der Waals surface area contributed by atoms with Crippen molar-refractivity contribution < 1.29 is 9.47 Å². The van der Waals surface area contributed by atoms with Crippen LogP contribution in [0, 0.1) is 12.8 Å². The van der Waals surface area contributed by atoms with Gasteiger partial charge in [0.2, 0.25) is 11.8 Å². The molecule has 0 radical (unpaired) electrons. The molecule has 0 atom stereocenters. The fourth-order valence-electron chi connectivity index (χ4n) is 1.65. The van der Waals surface area contributed by atoms with E-state index in [-0.39, 0.29) is 0 Å². The fourth-order valence-corrected chi connectivity index (χ4v) is 1.81. The van der Waals surface area contributed by atoms with Gasteiger partial charge in [0.1, 0.15) is 5.75 Å². The maximum atomic E-state index is 5.98. The minimum Gasteiger partial charge on any atom is -0.476 e. The van der Waals surface area contributed by atoms with Gasteiger partial charge in [-0.25, -0.2) is 0 Å². The Hall–Kier alpha value is -1.94. The second-order valence-corrected chi connectivity index (χ2v) is 5.70. The SMILES string of the molecule is Cc1ccc(Cl)cc1Oc1ccc(N)c(OCC(C)C)n1. The number of benzene rings is 1. The van der Waals surface area contributed by atoms with Crippen molar-refractivity contribution >= 4 is 17.3 Å². The van der Waals surface area contributed by atoms with Crippen LogP contribution in [-0.4, -0.2) is 11.6 Å². The molecule has 0 aliphatic heterocycles. The number of hydrogen-bond donors (Lipinski definition) is 1. The van der Waals surface area contributed by atoms with E-state index in [0.29, 0.717) is 40.7 Å². The van der Waals surface area contributed by atoms with Crippen LogP contribution in [0.3, 0.4) is 0 Å². The Morgan fingerprint density at radius 3 is 2.71 bits per heavy atom. The number of aryl methyl sites for hydroxylation is 1. The molecule has 0 bridgehead atoms. The molecule has 1 heterocycles. The van der Waals surface area contributed by atoms with Gasteiger partial charge in [-0.2, -0.15) is 4.98 Å². The molecule has 0 unspecified atom stereocenters. The summed E-state index contributed by atoms with van der Waals surface area (Å²) >= 11 is 5.98. The van der Waals surface area contributed by atoms with Gasteiger partial charge in [0.15, 0.2) is 0 Å². The van der Waals surface area contributed by atoms with Gasteiger partial charge >= 0.3 is 0 Å². The van der Waals surface area contributed by atoms with Gasteiger partial charge in [0.05, 0.1) is 12.3 Å². The first-order chi connectivity index (χ1) is 9.95. The highest BCUT2D eigenvalue weighted by Gasteiger charge is 2.09. The van der Waals surface area contributed by atoms with Crippen LogP contribution >= 0.6 is 11.6 Å². The summed E-state index contributed by atoms with van der Waals surface area (Å²) in [5.74, 6) is 1.87. The molecular formula is C16H19ClN2O2. The molecule has 0 saturated carbocycles. The van der Waals surface area contributed by atoms with Gasteiger partial charge in [0.25, 0.3) is 0 Å². The van der Waals surface area contributed by atoms with E-state index in [4.69, 9.17) is 26.8 Å². The molecule has 0 saturated heterocycles. The highest BCUT2D eigenvalue weighted by atomic mass is 35.5. The Kier molecular flexibility index (Phi) is 4.91. The summed E-state index contributed by atoms with van der Waals surface area (Å²) in [6.45, 7) is 6.62. The summed E-state index contributed by atoms with van der Waals surface area (Å²) in [5.41, 5.74) is 7.33. The molecule has 1 aromatic heterocycles. The van der Waals surface area contributed by atoms with Gasteiger partial charge in [-0.15, -0.1) is 0 Å². The van der Waals surface area contributed by atoms with E-state index >= 15 is 0 Å². The molecule has 1 aromatic carbocycles. The second-order valence-electron chi connectivity index (χ2n) is 5.26. The predicted molar refractivity (Wildman–Crippen MR) is 85.2 cm³/mol. The van der Waals surface area contributed by atoms with Crippen LogP contribution in [0.5, 0.6) is 17.5 Å². The Morgan fingerprint density at radius 1 is 1.24 bits per heavy atom. The lowest BCUT2D eigenvalue weighted by Gasteiger charge is -2.12. The standard InChI is InChI=1S/C16H19ClN2O2/c1-10(2)9-20-16-13(18)6-7-15(19-16)21-14-8-12(17)5-4-11(14)3/h4-8,10H,9,18H2,1-3H3. The Labute approximate surface area is 129 Å². The van der Waals surface area contributed by atoms with E-state index < -0.39 is 0 Å². The van der Waals surface area contributed by atoms with E-state index in [1.807, 2.05) is 19.1 Å². The molecule has 2 rings (SSSR count). The number of anilines is 1. The number of halogens is 1. The van der Waals surface area contributed by atoms with E-state index in [1.54, 1.807) is 18.2 Å². The van der Waals surface area contributed by atoms with Gasteiger partial charge in [-0.3, -0.25) is 0 Å². The molecule has 0 spiro atoms. The average Bonchev–Trinajstić information content (AvgIpc) is 2.43. The van der Waals surface area contributed by atoms with E-state index in [0.717, 1.165) is 5.56 Å². The number of hydrogen-bond acceptors (Lipinski definition) is 4. The summed E-state index contributed by atoms with van der Waals surface area (Å²) in [5, 5.41) is 0.613. The van der Waals surface area contributed by atoms with Crippen molar-refractivity contribution in [1.82, 2.24) is 4.98 Å². The summed E-state index contributed by atoms with van der Waals surface area (Å²) in [4.78, 5) is 4.30. The lowest BCUT2D eigenvalue weighted by Crippen LogP contribution is -2.07. The normalized spacial score (nSPS) is 10.7. The highest BCUT2D eigenvalue weighted by Crippen LogP contribution is 2.29. The van der Waals surface area contributed by atoms with E-state index in [9.17, 15) is 0 Å². The topological polar surface area (TPSA) is 57.4 Å². The van der Waals surface area contributed by atoms with E-state index in [2.05, 4.69) is 18.8 Å². The van der Waals surface area contributed by atoms with Crippen LogP contribution in [0.25, 0.3) is 0 Å². The average molecular weight is 307 g/mol. The lowest BCUT2D eigenvalue weighted by atomic mass is 10.2. The van der Waals surface area contributed by atoms with Gasteiger partial charge in [-0.05, 0) is 36.6 Å². The molecule has 2 N–H and O–H groups in total. The second kappa shape index (κ2) is 6.68. The predicted octanol–water partition coefficient (Wildman–Crippen LogP) is 4.45. The van der Waals surface area contributed by atoms with Gasteiger partial charge < -0.3 is 15.2 Å². The third kappa shape index (κ3) is 4.26. The molecule has 2 aromatic rings. The Morgan fingerprint density at radius 2 is 2.00 bits per heavy atom. The summed E-state index contributed by atoms with van der Waals surface area (Å²) in [7, 11) is 0. The quantitative estimate of drug-likeness (QED) is 0.886. The monoisotopic (exact) mass is 306 g/mol. The number of pyridine rings is 1.